The van der Waals surface area contributed by atoms with Gasteiger partial charge in [-0.25, -0.2) is 14.0 Å². The van der Waals surface area contributed by atoms with Crippen molar-refractivity contribution in [2.24, 2.45) is 0 Å². The van der Waals surface area contributed by atoms with Crippen molar-refractivity contribution in [3.05, 3.63) is 113 Å². The predicted octanol–water partition coefficient (Wildman–Crippen LogP) is 8.25. The van der Waals surface area contributed by atoms with Gasteiger partial charge in [-0.2, -0.15) is 0 Å². The van der Waals surface area contributed by atoms with E-state index in [0.29, 0.717) is 22.6 Å². The molecule has 3 aromatic rings. The van der Waals surface area contributed by atoms with Gasteiger partial charge in [0, 0.05) is 5.57 Å². The fourth-order valence-electron chi connectivity index (χ4n) is 3.30. The van der Waals surface area contributed by atoms with Crippen LogP contribution in [0.3, 0.4) is 0 Å². The Labute approximate surface area is 229 Å². The second kappa shape index (κ2) is 17.2. The third-order valence-electron chi connectivity index (χ3n) is 5.52. The Morgan fingerprint density at radius 2 is 1.44 bits per heavy atom. The molecule has 2 N–H and O–H groups in total. The van der Waals surface area contributed by atoms with E-state index in [9.17, 15) is 19.1 Å². The molecule has 3 aromatic carbocycles. The van der Waals surface area contributed by atoms with E-state index in [2.05, 4.69) is 6.92 Å². The van der Waals surface area contributed by atoms with E-state index in [-0.39, 0.29) is 18.2 Å². The van der Waals surface area contributed by atoms with Crippen LogP contribution in [-0.4, -0.2) is 22.2 Å². The third kappa shape index (κ3) is 12.6. The average molecular weight is 535 g/mol. The first kappa shape index (κ1) is 30.8. The first-order chi connectivity index (χ1) is 18.8. The van der Waals surface area contributed by atoms with Crippen molar-refractivity contribution in [1.82, 2.24) is 0 Å². The number of carboxylic acid groups (broad SMARTS) is 2. The first-order valence-electron chi connectivity index (χ1n) is 12.8. The zero-order chi connectivity index (χ0) is 28.5. The zero-order valence-electron chi connectivity index (χ0n) is 22.3. The quantitative estimate of drug-likeness (QED) is 0.130. The smallest absolute Gasteiger partial charge is 0.371 e. The molecule has 0 bridgehead atoms. The van der Waals surface area contributed by atoms with Gasteiger partial charge in [0.05, 0.1) is 0 Å². The van der Waals surface area contributed by atoms with E-state index in [1.54, 1.807) is 37.3 Å². The average Bonchev–Trinajstić information content (AvgIpc) is 2.93. The summed E-state index contributed by atoms with van der Waals surface area (Å²) in [6, 6.07) is 21.9. The Kier molecular flexibility index (Phi) is 13.6. The fraction of sp³-hybridized carbons (Fsp3) is 0.250. The van der Waals surface area contributed by atoms with Gasteiger partial charge in [0.25, 0.3) is 0 Å². The van der Waals surface area contributed by atoms with Crippen molar-refractivity contribution in [1.29, 1.82) is 0 Å². The van der Waals surface area contributed by atoms with Crippen molar-refractivity contribution >= 4 is 18.0 Å². The summed E-state index contributed by atoms with van der Waals surface area (Å²) in [7, 11) is 0. The maximum absolute atomic E-state index is 12.9. The van der Waals surface area contributed by atoms with E-state index in [4.69, 9.17) is 14.6 Å². The minimum atomic E-state index is -1.14. The Hall–Kier alpha value is -4.39. The van der Waals surface area contributed by atoms with Gasteiger partial charge >= 0.3 is 11.9 Å². The highest BCUT2D eigenvalue weighted by Gasteiger charge is 2.09. The van der Waals surface area contributed by atoms with Crippen LogP contribution in [0.15, 0.2) is 96.3 Å². The van der Waals surface area contributed by atoms with E-state index >= 15 is 0 Å². The lowest BCUT2D eigenvalue weighted by Crippen LogP contribution is -2.05. The van der Waals surface area contributed by atoms with Crippen LogP contribution >= 0.6 is 0 Å². The number of rotatable bonds is 13. The Bertz CT molecular complexity index is 1220. The molecule has 3 rings (SSSR count). The van der Waals surface area contributed by atoms with Gasteiger partial charge in [-0.3, -0.25) is 0 Å². The zero-order valence-corrected chi connectivity index (χ0v) is 22.3. The molecule has 0 aliphatic heterocycles. The van der Waals surface area contributed by atoms with Crippen LogP contribution in [0.4, 0.5) is 4.39 Å². The molecule has 0 heterocycles. The van der Waals surface area contributed by atoms with Crippen molar-refractivity contribution < 1.29 is 33.7 Å². The Balaban J connectivity index is 0.000000377. The number of carbonyl (C=O) groups is 2. The number of hydrogen-bond donors (Lipinski definition) is 2. The van der Waals surface area contributed by atoms with Gasteiger partial charge in [0.15, 0.2) is 0 Å². The maximum atomic E-state index is 12.9. The number of halogens is 1. The molecular formula is C32H35FO6. The van der Waals surface area contributed by atoms with Crippen LogP contribution in [0, 0.1) is 5.82 Å². The first-order valence-corrected chi connectivity index (χ1v) is 12.8. The maximum Gasteiger partial charge on any atom is 0.371 e. The van der Waals surface area contributed by atoms with Gasteiger partial charge < -0.3 is 19.7 Å². The van der Waals surface area contributed by atoms with Crippen LogP contribution < -0.4 is 4.74 Å². The molecule has 0 unspecified atom stereocenters. The van der Waals surface area contributed by atoms with Crippen LogP contribution in [0.25, 0.3) is 6.08 Å². The van der Waals surface area contributed by atoms with Gasteiger partial charge in [-0.05, 0) is 73.4 Å². The van der Waals surface area contributed by atoms with Crippen molar-refractivity contribution in [2.45, 2.75) is 52.6 Å². The Morgan fingerprint density at radius 1 is 0.821 bits per heavy atom. The molecule has 206 valence electrons. The molecule has 0 atom stereocenters. The van der Waals surface area contributed by atoms with Crippen LogP contribution in [-0.2, 0) is 20.9 Å². The molecule has 0 saturated heterocycles. The summed E-state index contributed by atoms with van der Waals surface area (Å²) in [6.07, 6.45) is 8.95. The number of carboxylic acids is 2. The molecular weight excluding hydrogens is 499 g/mol. The molecule has 7 heteroatoms. The molecule has 0 radical (unpaired) electrons. The number of aliphatic carboxylic acids is 2. The minimum absolute atomic E-state index is 0.147. The van der Waals surface area contributed by atoms with Gasteiger partial charge in [-0.1, -0.05) is 74.7 Å². The number of ether oxygens (including phenoxy) is 2. The summed E-state index contributed by atoms with van der Waals surface area (Å²) in [4.78, 5) is 21.8. The van der Waals surface area contributed by atoms with Crippen molar-refractivity contribution in [2.75, 3.05) is 0 Å². The normalized spacial score (nSPS) is 11.3. The highest BCUT2D eigenvalue weighted by atomic mass is 19.1. The lowest BCUT2D eigenvalue weighted by molar-refractivity contribution is -0.136. The van der Waals surface area contributed by atoms with Gasteiger partial charge in [0.1, 0.15) is 23.9 Å². The standard InChI is InChI=1S/C22H17FO4.C10H18O2/c23-18-8-12-20(13-9-18)27-19-10-6-16(7-11-19)14-21(22(24)25)26-15-17-4-2-1-3-5-17;1-3-4-5-6-7-8-9(2)10(11)12/h1-14H,15H2,(H,24,25);8H,3-7H2,1-2H3,(H,11,12). The Morgan fingerprint density at radius 3 is 2.00 bits per heavy atom. The predicted molar refractivity (Wildman–Crippen MR) is 150 cm³/mol. The second-order valence-electron chi connectivity index (χ2n) is 8.75. The minimum Gasteiger partial charge on any atom is -0.482 e. The SMILES string of the molecule is CCCCCCC=C(C)C(=O)O.O=C(O)C(=Cc1ccc(Oc2ccc(F)cc2)cc1)OCc1ccccc1. The van der Waals surface area contributed by atoms with Gasteiger partial charge in [-0.15, -0.1) is 0 Å². The summed E-state index contributed by atoms with van der Waals surface area (Å²) >= 11 is 0. The molecule has 0 aliphatic rings. The molecule has 0 aromatic heterocycles. The highest BCUT2D eigenvalue weighted by molar-refractivity contribution is 5.89. The molecule has 0 saturated carbocycles. The second-order valence-corrected chi connectivity index (χ2v) is 8.75. The number of allylic oxidation sites excluding steroid dienone is 1. The number of hydrogen-bond acceptors (Lipinski definition) is 4. The van der Waals surface area contributed by atoms with E-state index in [1.807, 2.05) is 30.3 Å². The summed E-state index contributed by atoms with van der Waals surface area (Å²) in [5.41, 5.74) is 2.01. The van der Waals surface area contributed by atoms with Crippen LogP contribution in [0.2, 0.25) is 0 Å². The van der Waals surface area contributed by atoms with Crippen molar-refractivity contribution in [3.8, 4) is 11.5 Å². The number of benzene rings is 3. The topological polar surface area (TPSA) is 93.1 Å². The largest absolute Gasteiger partial charge is 0.482 e. The summed E-state index contributed by atoms with van der Waals surface area (Å²) in [5.74, 6) is -1.35. The molecule has 39 heavy (non-hydrogen) atoms. The van der Waals surface area contributed by atoms with Crippen LogP contribution in [0.5, 0.6) is 11.5 Å². The molecule has 0 aliphatic carbocycles. The highest BCUT2D eigenvalue weighted by Crippen LogP contribution is 2.23. The van der Waals surface area contributed by atoms with E-state index in [0.717, 1.165) is 18.4 Å². The van der Waals surface area contributed by atoms with E-state index < -0.39 is 11.9 Å². The van der Waals surface area contributed by atoms with E-state index in [1.165, 1.54) is 49.6 Å². The lowest BCUT2D eigenvalue weighted by atomic mass is 10.1. The monoisotopic (exact) mass is 534 g/mol. The fourth-order valence-corrected chi connectivity index (χ4v) is 3.30. The molecule has 0 amide bonds. The lowest BCUT2D eigenvalue weighted by Gasteiger charge is -2.08. The molecule has 0 spiro atoms. The summed E-state index contributed by atoms with van der Waals surface area (Å²) in [5, 5.41) is 17.9. The van der Waals surface area contributed by atoms with Crippen molar-refractivity contribution in [3.63, 3.8) is 0 Å². The summed E-state index contributed by atoms with van der Waals surface area (Å²) in [6.45, 7) is 3.98. The van der Waals surface area contributed by atoms with Gasteiger partial charge in [0.2, 0.25) is 5.76 Å². The van der Waals surface area contributed by atoms with Crippen LogP contribution in [0.1, 0.15) is 57.1 Å². The number of unbranched alkanes of at least 4 members (excludes halogenated alkanes) is 4. The third-order valence-corrected chi connectivity index (χ3v) is 5.52. The molecule has 6 nitrogen and oxygen atoms in total. The summed E-state index contributed by atoms with van der Waals surface area (Å²) < 4.78 is 24.0. The molecule has 0 fully saturated rings.